The van der Waals surface area contributed by atoms with Gasteiger partial charge in [-0.15, -0.1) is 0 Å². The van der Waals surface area contributed by atoms with Gasteiger partial charge in [0.1, 0.15) is 11.2 Å². The van der Waals surface area contributed by atoms with Crippen LogP contribution < -0.4 is 4.90 Å². The van der Waals surface area contributed by atoms with Crippen molar-refractivity contribution in [3.8, 4) is 77.9 Å². The van der Waals surface area contributed by atoms with Crippen LogP contribution in [0.1, 0.15) is 0 Å². The first-order chi connectivity index (χ1) is 35.7. The Labute approximate surface area is 420 Å². The van der Waals surface area contributed by atoms with E-state index in [1.807, 2.05) is 0 Å². The van der Waals surface area contributed by atoms with Crippen LogP contribution in [0.3, 0.4) is 0 Å². The highest BCUT2D eigenvalue weighted by Gasteiger charge is 2.23. The lowest BCUT2D eigenvalue weighted by Gasteiger charge is -2.27. The summed E-state index contributed by atoms with van der Waals surface area (Å²) in [5.41, 5.74) is 21.2. The summed E-state index contributed by atoms with van der Waals surface area (Å²) in [6.45, 7) is 0. The molecule has 1 aromatic heterocycles. The predicted molar refractivity (Wildman–Crippen MR) is 304 cm³/mol. The van der Waals surface area contributed by atoms with Gasteiger partial charge in [-0.1, -0.05) is 231 Å². The number of furan rings is 1. The molecule has 0 N–H and O–H groups in total. The van der Waals surface area contributed by atoms with Crippen LogP contribution in [0.25, 0.3) is 111 Å². The summed E-state index contributed by atoms with van der Waals surface area (Å²) >= 11 is 0. The van der Waals surface area contributed by atoms with Crippen LogP contribution in [-0.2, 0) is 0 Å². The van der Waals surface area contributed by atoms with Crippen LogP contribution in [0.2, 0.25) is 0 Å². The molecule has 0 atom stereocenters. The fourth-order valence-electron chi connectivity index (χ4n) is 10.5. The van der Waals surface area contributed by atoms with Gasteiger partial charge in [0.2, 0.25) is 0 Å². The van der Waals surface area contributed by atoms with E-state index in [4.69, 9.17) is 4.42 Å². The summed E-state index contributed by atoms with van der Waals surface area (Å²) in [5, 5.41) is 4.64. The second kappa shape index (κ2) is 18.4. The van der Waals surface area contributed by atoms with Crippen molar-refractivity contribution in [1.29, 1.82) is 0 Å². The number of benzene rings is 12. The molecule has 0 saturated carbocycles. The highest BCUT2D eigenvalue weighted by molar-refractivity contribution is 6.17. The Kier molecular flexibility index (Phi) is 10.9. The van der Waals surface area contributed by atoms with Crippen molar-refractivity contribution in [1.82, 2.24) is 0 Å². The molecule has 1 heterocycles. The number of hydrogen-bond acceptors (Lipinski definition) is 2. The number of fused-ring (bicyclic) bond motifs is 4. The Hall–Kier alpha value is -9.50. The minimum absolute atomic E-state index is 0.859. The third-order valence-corrected chi connectivity index (χ3v) is 14.1. The molecule has 0 radical (unpaired) electrons. The van der Waals surface area contributed by atoms with Crippen molar-refractivity contribution in [2.24, 2.45) is 0 Å². The molecule has 12 aromatic carbocycles. The lowest BCUT2D eigenvalue weighted by Crippen LogP contribution is -2.10. The first-order valence-electron chi connectivity index (χ1n) is 24.6. The van der Waals surface area contributed by atoms with Gasteiger partial charge in [-0.2, -0.15) is 0 Å². The molecule has 0 aliphatic heterocycles. The van der Waals surface area contributed by atoms with Gasteiger partial charge in [0.25, 0.3) is 0 Å². The zero-order valence-corrected chi connectivity index (χ0v) is 39.5. The second-order valence-corrected chi connectivity index (χ2v) is 18.4. The van der Waals surface area contributed by atoms with Gasteiger partial charge in [0.05, 0.1) is 11.1 Å². The van der Waals surface area contributed by atoms with E-state index in [1.165, 1.54) is 66.4 Å². The fourth-order valence-corrected chi connectivity index (χ4v) is 10.5. The minimum Gasteiger partial charge on any atom is -0.455 e. The van der Waals surface area contributed by atoms with Crippen molar-refractivity contribution in [2.45, 2.75) is 0 Å². The SMILES string of the molecule is c1ccc(-c2ccc(-c3ccccc3-c3ccc(N(c4ccc(-c5ccc(-c6ccc7ccccc7c6)cc5)cc4)c4ccc(-c5ccccc5)c5oc6ccccc6c45)cc3)c(-c3ccccc3)c2)cc1. The molecule has 13 rings (SSSR count). The van der Waals surface area contributed by atoms with E-state index in [2.05, 4.69) is 290 Å². The number of para-hydroxylation sites is 1. The van der Waals surface area contributed by atoms with E-state index in [1.54, 1.807) is 0 Å². The molecular formula is C70H47NO. The number of hydrogen-bond donors (Lipinski definition) is 0. The summed E-state index contributed by atoms with van der Waals surface area (Å²) in [4.78, 5) is 2.39. The lowest BCUT2D eigenvalue weighted by molar-refractivity contribution is 0.670. The summed E-state index contributed by atoms with van der Waals surface area (Å²) in [5.74, 6) is 0. The molecular weight excluding hydrogens is 871 g/mol. The Morgan fingerprint density at radius 2 is 0.681 bits per heavy atom. The molecule has 0 saturated heterocycles. The maximum atomic E-state index is 6.82. The maximum absolute atomic E-state index is 6.82. The zero-order chi connectivity index (χ0) is 47.8. The van der Waals surface area contributed by atoms with E-state index in [0.717, 1.165) is 61.3 Å². The largest absolute Gasteiger partial charge is 0.455 e. The van der Waals surface area contributed by atoms with Gasteiger partial charge in [-0.3, -0.25) is 0 Å². The monoisotopic (exact) mass is 917 g/mol. The molecule has 13 aromatic rings. The zero-order valence-electron chi connectivity index (χ0n) is 39.5. The van der Waals surface area contributed by atoms with E-state index < -0.39 is 0 Å². The molecule has 0 aliphatic carbocycles. The number of anilines is 3. The van der Waals surface area contributed by atoms with E-state index in [9.17, 15) is 0 Å². The van der Waals surface area contributed by atoms with Crippen LogP contribution in [0, 0.1) is 0 Å². The summed E-state index contributed by atoms with van der Waals surface area (Å²) < 4.78 is 6.82. The molecule has 2 nitrogen and oxygen atoms in total. The van der Waals surface area contributed by atoms with Gasteiger partial charge in [-0.05, 0) is 138 Å². The van der Waals surface area contributed by atoms with Crippen LogP contribution in [-0.4, -0.2) is 0 Å². The molecule has 2 heteroatoms. The van der Waals surface area contributed by atoms with Gasteiger partial charge in [-0.25, -0.2) is 0 Å². The topological polar surface area (TPSA) is 16.4 Å². The molecule has 0 amide bonds. The molecule has 0 bridgehead atoms. The number of rotatable bonds is 10. The summed E-state index contributed by atoms with van der Waals surface area (Å²) in [6, 6.07) is 103. The van der Waals surface area contributed by atoms with Gasteiger partial charge in [0.15, 0.2) is 0 Å². The average Bonchev–Trinajstić information content (AvgIpc) is 3.86. The second-order valence-electron chi connectivity index (χ2n) is 18.4. The molecule has 72 heavy (non-hydrogen) atoms. The molecule has 0 fully saturated rings. The Morgan fingerprint density at radius 3 is 1.36 bits per heavy atom. The molecule has 0 aliphatic rings. The quantitative estimate of drug-likeness (QED) is 0.136. The van der Waals surface area contributed by atoms with E-state index >= 15 is 0 Å². The average molecular weight is 918 g/mol. The smallest absolute Gasteiger partial charge is 0.145 e. The molecule has 338 valence electrons. The molecule has 0 unspecified atom stereocenters. The first-order valence-corrected chi connectivity index (χ1v) is 24.6. The van der Waals surface area contributed by atoms with Crippen LogP contribution >= 0.6 is 0 Å². The Bertz CT molecular complexity index is 4040. The summed E-state index contributed by atoms with van der Waals surface area (Å²) in [6.07, 6.45) is 0. The highest BCUT2D eigenvalue weighted by atomic mass is 16.3. The van der Waals surface area contributed by atoms with Gasteiger partial charge < -0.3 is 9.32 Å². The lowest BCUT2D eigenvalue weighted by atomic mass is 9.87. The standard InChI is InChI=1S/C70H47NO/c1-4-16-48(17-5-1)58-38-43-64(66(47-58)54-21-8-3-9-22-54)63-25-13-12-24-61(63)55-36-41-60(42-37-55)71(67-45-44-62(53-19-6-2-7-20-53)70-69(67)65-26-14-15-27-68(65)72-70)59-39-34-51(35-40-59)50-28-30-52(31-29-50)57-33-32-49-18-10-11-23-56(49)46-57/h1-47H. The van der Waals surface area contributed by atoms with Crippen molar-refractivity contribution in [3.63, 3.8) is 0 Å². The van der Waals surface area contributed by atoms with E-state index in [0.29, 0.717) is 0 Å². The predicted octanol–water partition coefficient (Wildman–Crippen LogP) is 19.9. The van der Waals surface area contributed by atoms with Crippen molar-refractivity contribution in [2.75, 3.05) is 4.90 Å². The fraction of sp³-hybridized carbons (Fsp3) is 0. The normalized spacial score (nSPS) is 11.3. The summed E-state index contributed by atoms with van der Waals surface area (Å²) in [7, 11) is 0. The van der Waals surface area contributed by atoms with Crippen LogP contribution in [0.15, 0.2) is 290 Å². The molecule has 0 spiro atoms. The van der Waals surface area contributed by atoms with Crippen LogP contribution in [0.4, 0.5) is 17.1 Å². The van der Waals surface area contributed by atoms with Crippen molar-refractivity contribution in [3.05, 3.63) is 285 Å². The third-order valence-electron chi connectivity index (χ3n) is 14.1. The third kappa shape index (κ3) is 7.92. The highest BCUT2D eigenvalue weighted by Crippen LogP contribution is 2.47. The van der Waals surface area contributed by atoms with Gasteiger partial charge >= 0.3 is 0 Å². The van der Waals surface area contributed by atoms with Crippen molar-refractivity contribution < 1.29 is 4.42 Å². The van der Waals surface area contributed by atoms with Crippen LogP contribution in [0.5, 0.6) is 0 Å². The maximum Gasteiger partial charge on any atom is 0.145 e. The Morgan fingerprint density at radius 1 is 0.250 bits per heavy atom. The van der Waals surface area contributed by atoms with E-state index in [-0.39, 0.29) is 0 Å². The Balaban J connectivity index is 0.918. The van der Waals surface area contributed by atoms with Crippen molar-refractivity contribution >= 4 is 49.8 Å². The first kappa shape index (κ1) is 42.6. The minimum atomic E-state index is 0.859. The van der Waals surface area contributed by atoms with Gasteiger partial charge in [0, 0.05) is 22.3 Å². The number of nitrogens with zero attached hydrogens (tertiary/aromatic N) is 1.